The van der Waals surface area contributed by atoms with Gasteiger partial charge in [0.15, 0.2) is 17.5 Å². The van der Waals surface area contributed by atoms with Crippen LogP contribution in [0.2, 0.25) is 0 Å². The molecule has 0 saturated heterocycles. The van der Waals surface area contributed by atoms with Crippen molar-refractivity contribution >= 4 is 75.1 Å². The molecule has 7 aromatic carbocycles. The van der Waals surface area contributed by atoms with E-state index in [1.807, 2.05) is 72.0 Å². The van der Waals surface area contributed by atoms with E-state index in [4.69, 9.17) is 24.4 Å². The van der Waals surface area contributed by atoms with Crippen LogP contribution < -0.4 is 0 Å². The first-order valence-electron chi connectivity index (χ1n) is 17.2. The third kappa shape index (κ3) is 4.55. The average Bonchev–Trinajstić information content (AvgIpc) is 3.78. The molecule has 0 aliphatic heterocycles. The number of thiophene rings is 1. The van der Waals surface area contributed by atoms with Crippen LogP contribution in [0.25, 0.3) is 109 Å². The van der Waals surface area contributed by atoms with Crippen LogP contribution in [0.1, 0.15) is 0 Å². The van der Waals surface area contributed by atoms with E-state index in [1.54, 1.807) is 0 Å². The van der Waals surface area contributed by atoms with Crippen molar-refractivity contribution in [3.63, 3.8) is 0 Å². The summed E-state index contributed by atoms with van der Waals surface area (Å²) in [7, 11) is 0. The number of hydrogen-bond donors (Lipinski definition) is 0. The molecule has 0 aliphatic rings. The molecular weight excluding hydrogens is 657 g/mol. The van der Waals surface area contributed by atoms with Gasteiger partial charge in [0.2, 0.25) is 0 Å². The maximum Gasteiger partial charge on any atom is 0.164 e. The van der Waals surface area contributed by atoms with E-state index in [1.165, 1.54) is 25.6 Å². The first kappa shape index (κ1) is 29.0. The molecule has 242 valence electrons. The van der Waals surface area contributed by atoms with Crippen LogP contribution in [0.4, 0.5) is 0 Å². The molecule has 0 radical (unpaired) electrons. The lowest BCUT2D eigenvalue weighted by Gasteiger charge is -2.11. The molecule has 11 rings (SSSR count). The van der Waals surface area contributed by atoms with Gasteiger partial charge >= 0.3 is 0 Å². The van der Waals surface area contributed by atoms with Gasteiger partial charge in [-0.15, -0.1) is 11.3 Å². The quantitative estimate of drug-likeness (QED) is 0.173. The molecule has 52 heavy (non-hydrogen) atoms. The number of nitrogens with zero attached hydrogens (tertiary/aromatic N) is 4. The molecule has 0 amide bonds. The summed E-state index contributed by atoms with van der Waals surface area (Å²) >= 11 is 1.83. The van der Waals surface area contributed by atoms with E-state index in [-0.39, 0.29) is 0 Å². The first-order chi connectivity index (χ1) is 25.7. The van der Waals surface area contributed by atoms with Crippen LogP contribution in [0.15, 0.2) is 162 Å². The molecule has 0 aliphatic carbocycles. The van der Waals surface area contributed by atoms with Gasteiger partial charge in [-0.1, -0.05) is 115 Å². The van der Waals surface area contributed by atoms with Crippen molar-refractivity contribution in [3.8, 4) is 45.4 Å². The molecule has 0 spiro atoms. The number of aromatic nitrogens is 4. The zero-order chi connectivity index (χ0) is 34.2. The summed E-state index contributed by atoms with van der Waals surface area (Å²) in [5, 5.41) is 8.09. The number of furan rings is 1. The number of rotatable bonds is 4. The normalized spacial score (nSPS) is 11.8. The van der Waals surface area contributed by atoms with Gasteiger partial charge in [-0.05, 0) is 42.5 Å². The minimum atomic E-state index is 0.597. The van der Waals surface area contributed by atoms with E-state index >= 15 is 0 Å². The van der Waals surface area contributed by atoms with E-state index in [0.717, 1.165) is 66.2 Å². The standard InChI is InChI=1S/C46H26N4OS/c1-3-11-27(12-4-1)42-35-23-22-33-36-25-29(20-24-40(36)52-43(33)41(35)34-16-7-9-17-37(34)47-42)45-48-44(28-13-5-2-6-14-28)49-46(50-45)30-19-21-32-31-15-8-10-18-38(31)51-39(32)26-30/h1-26H. The molecule has 0 atom stereocenters. The second-order valence-electron chi connectivity index (χ2n) is 13.0. The topological polar surface area (TPSA) is 64.7 Å². The van der Waals surface area contributed by atoms with Gasteiger partial charge in [-0.25, -0.2) is 19.9 Å². The van der Waals surface area contributed by atoms with Crippen LogP contribution in [-0.2, 0) is 0 Å². The van der Waals surface area contributed by atoms with Crippen molar-refractivity contribution in [1.29, 1.82) is 0 Å². The second kappa shape index (κ2) is 11.4. The van der Waals surface area contributed by atoms with Crippen molar-refractivity contribution < 1.29 is 4.42 Å². The third-order valence-corrected chi connectivity index (χ3v) is 11.1. The van der Waals surface area contributed by atoms with Crippen molar-refractivity contribution in [2.24, 2.45) is 0 Å². The highest BCUT2D eigenvalue weighted by Gasteiger charge is 2.18. The largest absolute Gasteiger partial charge is 0.456 e. The predicted molar refractivity (Wildman–Crippen MR) is 215 cm³/mol. The Kier molecular flexibility index (Phi) is 6.35. The maximum absolute atomic E-state index is 6.24. The highest BCUT2D eigenvalue weighted by atomic mass is 32.1. The van der Waals surface area contributed by atoms with Gasteiger partial charge in [0, 0.05) is 69.4 Å². The minimum Gasteiger partial charge on any atom is -0.456 e. The van der Waals surface area contributed by atoms with Gasteiger partial charge in [0.05, 0.1) is 11.2 Å². The fourth-order valence-corrected chi connectivity index (χ4v) is 8.68. The molecular formula is C46H26N4OS. The van der Waals surface area contributed by atoms with Gasteiger partial charge < -0.3 is 4.42 Å². The first-order valence-corrected chi connectivity index (χ1v) is 18.0. The molecule has 0 fully saturated rings. The van der Waals surface area contributed by atoms with Crippen molar-refractivity contribution in [2.75, 3.05) is 0 Å². The number of fused-ring (bicyclic) bond motifs is 10. The molecule has 4 heterocycles. The monoisotopic (exact) mass is 682 g/mol. The number of pyridine rings is 1. The van der Waals surface area contributed by atoms with Crippen LogP contribution >= 0.6 is 11.3 Å². The van der Waals surface area contributed by atoms with E-state index < -0.39 is 0 Å². The lowest BCUT2D eigenvalue weighted by Crippen LogP contribution is -2.00. The smallest absolute Gasteiger partial charge is 0.164 e. The zero-order valence-corrected chi connectivity index (χ0v) is 28.4. The molecule has 0 unspecified atom stereocenters. The molecule has 0 bridgehead atoms. The molecule has 0 saturated carbocycles. The van der Waals surface area contributed by atoms with Gasteiger partial charge in [0.1, 0.15) is 11.2 Å². The Morgan fingerprint density at radius 1 is 0.385 bits per heavy atom. The Bertz CT molecular complexity index is 3190. The summed E-state index contributed by atoms with van der Waals surface area (Å²) < 4.78 is 8.70. The molecule has 0 N–H and O–H groups in total. The Balaban J connectivity index is 1.12. The van der Waals surface area contributed by atoms with Gasteiger partial charge in [-0.3, -0.25) is 0 Å². The second-order valence-corrected chi connectivity index (χ2v) is 14.1. The van der Waals surface area contributed by atoms with Crippen LogP contribution in [-0.4, -0.2) is 19.9 Å². The lowest BCUT2D eigenvalue weighted by atomic mass is 9.98. The molecule has 11 aromatic rings. The van der Waals surface area contributed by atoms with Crippen molar-refractivity contribution in [3.05, 3.63) is 158 Å². The molecule has 5 nitrogen and oxygen atoms in total. The summed E-state index contributed by atoms with van der Waals surface area (Å²) in [4.78, 5) is 20.3. The highest BCUT2D eigenvalue weighted by molar-refractivity contribution is 7.26. The fourth-order valence-electron chi connectivity index (χ4n) is 7.44. The summed E-state index contributed by atoms with van der Waals surface area (Å²) in [5.41, 5.74) is 7.51. The van der Waals surface area contributed by atoms with Crippen LogP contribution in [0.5, 0.6) is 0 Å². The fraction of sp³-hybridized carbons (Fsp3) is 0. The Morgan fingerprint density at radius 2 is 0.981 bits per heavy atom. The van der Waals surface area contributed by atoms with Crippen LogP contribution in [0.3, 0.4) is 0 Å². The predicted octanol–water partition coefficient (Wildman–Crippen LogP) is 12.5. The SMILES string of the molecule is c1ccc(-c2nc(-c3ccc4c(c3)oc3ccccc34)nc(-c3ccc4sc5c(ccc6c(-c7ccccc7)nc7ccccc7c65)c4c3)n2)cc1. The average molecular weight is 683 g/mol. The Hall–Kier alpha value is -6.76. The Morgan fingerprint density at radius 3 is 1.79 bits per heavy atom. The summed E-state index contributed by atoms with van der Waals surface area (Å²) in [6.45, 7) is 0. The number of benzene rings is 7. The van der Waals surface area contributed by atoms with Gasteiger partial charge in [0.25, 0.3) is 0 Å². The zero-order valence-electron chi connectivity index (χ0n) is 27.6. The molecule has 6 heteroatoms. The molecule has 4 aromatic heterocycles. The highest BCUT2D eigenvalue weighted by Crippen LogP contribution is 2.44. The Labute approximate surface area is 301 Å². The summed E-state index contributed by atoms with van der Waals surface area (Å²) in [6, 6.07) is 54.4. The summed E-state index contributed by atoms with van der Waals surface area (Å²) in [5.74, 6) is 1.84. The maximum atomic E-state index is 6.24. The van der Waals surface area contributed by atoms with E-state index in [2.05, 4.69) is 97.1 Å². The number of hydrogen-bond acceptors (Lipinski definition) is 6. The van der Waals surface area contributed by atoms with E-state index in [9.17, 15) is 0 Å². The van der Waals surface area contributed by atoms with Crippen molar-refractivity contribution in [2.45, 2.75) is 0 Å². The van der Waals surface area contributed by atoms with Crippen LogP contribution in [0, 0.1) is 0 Å². The summed E-state index contributed by atoms with van der Waals surface area (Å²) in [6.07, 6.45) is 0. The number of para-hydroxylation sites is 2. The third-order valence-electron chi connectivity index (χ3n) is 9.91. The minimum absolute atomic E-state index is 0.597. The van der Waals surface area contributed by atoms with Gasteiger partial charge in [-0.2, -0.15) is 0 Å². The van der Waals surface area contributed by atoms with E-state index in [0.29, 0.717) is 17.5 Å². The lowest BCUT2D eigenvalue weighted by molar-refractivity contribution is 0.669. The van der Waals surface area contributed by atoms with Crippen molar-refractivity contribution in [1.82, 2.24) is 19.9 Å².